The zero-order valence-electron chi connectivity index (χ0n) is 14.0. The number of rotatable bonds is 7. The fourth-order valence-electron chi connectivity index (χ4n) is 2.66. The highest BCUT2D eigenvalue weighted by Crippen LogP contribution is 2.34. The number of aryl methyl sites for hydroxylation is 1. The molecule has 0 aliphatic rings. The molecule has 0 fully saturated rings. The lowest BCUT2D eigenvalue weighted by atomic mass is 10.1. The van der Waals surface area contributed by atoms with E-state index in [2.05, 4.69) is 15.5 Å². The summed E-state index contributed by atoms with van der Waals surface area (Å²) < 4.78 is 29.2. The molecule has 0 unspecified atom stereocenters. The van der Waals surface area contributed by atoms with Gasteiger partial charge in [-0.05, 0) is 31.0 Å². The van der Waals surface area contributed by atoms with Crippen molar-refractivity contribution in [1.29, 1.82) is 0 Å². The molecule has 3 aromatic rings. The minimum atomic E-state index is -3.10. The van der Waals surface area contributed by atoms with Gasteiger partial charge in [0.15, 0.2) is 0 Å². The van der Waals surface area contributed by atoms with Gasteiger partial charge < -0.3 is 15.5 Å². The van der Waals surface area contributed by atoms with Crippen molar-refractivity contribution in [3.63, 3.8) is 0 Å². The summed E-state index contributed by atoms with van der Waals surface area (Å²) in [6, 6.07) is 3.30. The van der Waals surface area contributed by atoms with Crippen molar-refractivity contribution in [2.24, 2.45) is 5.73 Å². The Morgan fingerprint density at radius 2 is 2.24 bits per heavy atom. The van der Waals surface area contributed by atoms with Gasteiger partial charge >= 0.3 is 0 Å². The second kappa shape index (κ2) is 7.11. The zero-order chi connectivity index (χ0) is 18.0. The van der Waals surface area contributed by atoms with Gasteiger partial charge in [-0.3, -0.25) is 0 Å². The third kappa shape index (κ3) is 4.36. The average Bonchev–Trinajstić information content (AvgIpc) is 3.13. The van der Waals surface area contributed by atoms with E-state index in [0.29, 0.717) is 13.0 Å². The van der Waals surface area contributed by atoms with E-state index >= 15 is 0 Å². The molecule has 0 saturated heterocycles. The lowest BCUT2D eigenvalue weighted by Crippen LogP contribution is -2.31. The predicted octanol–water partition coefficient (Wildman–Crippen LogP) is 2.12. The highest BCUT2D eigenvalue weighted by Gasteiger charge is 2.18. The molecule has 0 aliphatic heterocycles. The van der Waals surface area contributed by atoms with Gasteiger partial charge in [-0.1, -0.05) is 0 Å². The Bertz CT molecular complexity index is 965. The summed E-state index contributed by atoms with van der Waals surface area (Å²) in [6.45, 7) is 2.51. The molecule has 9 heteroatoms. The molecule has 3 heterocycles. The van der Waals surface area contributed by atoms with Gasteiger partial charge in [0, 0.05) is 17.2 Å². The van der Waals surface area contributed by atoms with Crippen LogP contribution in [0, 0.1) is 6.92 Å². The second-order valence-corrected chi connectivity index (χ2v) is 9.37. The van der Waals surface area contributed by atoms with Crippen molar-refractivity contribution in [2.75, 3.05) is 17.3 Å². The Balaban J connectivity index is 1.84. The largest absolute Gasteiger partial charge is 0.467 e. The number of hydrogen-bond acceptors (Lipinski definition) is 8. The molecule has 3 N–H and O–H groups in total. The normalized spacial score (nSPS) is 13.2. The molecule has 0 bridgehead atoms. The molecule has 0 spiro atoms. The summed E-state index contributed by atoms with van der Waals surface area (Å²) in [5.74, 6) is 0.796. The average molecular weight is 380 g/mol. The van der Waals surface area contributed by atoms with Crippen LogP contribution in [-0.4, -0.2) is 36.7 Å². The molecule has 0 radical (unpaired) electrons. The second-order valence-electron chi connectivity index (χ2n) is 6.08. The highest BCUT2D eigenvalue weighted by molar-refractivity contribution is 7.90. The number of aromatic nitrogens is 2. The van der Waals surface area contributed by atoms with Gasteiger partial charge in [-0.15, -0.1) is 16.4 Å². The van der Waals surface area contributed by atoms with Crippen molar-refractivity contribution in [1.82, 2.24) is 10.2 Å². The molecule has 0 aliphatic carbocycles. The fraction of sp³-hybridized carbons (Fsp3) is 0.375. The molecule has 0 amide bonds. The molecule has 134 valence electrons. The van der Waals surface area contributed by atoms with Gasteiger partial charge in [0.2, 0.25) is 0 Å². The van der Waals surface area contributed by atoms with Crippen LogP contribution < -0.4 is 11.1 Å². The first-order valence-electron chi connectivity index (χ1n) is 7.76. The minimum absolute atomic E-state index is 0.0318. The standard InChI is InChI=1S/C16H20N4O3S2/c1-10-14(6-11(17)9-25(2,21)22)24-16-13(8-19-20-15(10)16)18-7-12-4-3-5-23-12/h3-5,8,11H,6-7,9,17H2,1-2H3,(H,18,20)/t11-/m1/s1. The Hall–Kier alpha value is -1.97. The number of hydrogen-bond donors (Lipinski definition) is 2. The topological polar surface area (TPSA) is 111 Å². The zero-order valence-corrected chi connectivity index (χ0v) is 15.7. The lowest BCUT2D eigenvalue weighted by Gasteiger charge is -2.09. The molecule has 7 nitrogen and oxygen atoms in total. The smallest absolute Gasteiger partial charge is 0.148 e. The Kier molecular flexibility index (Phi) is 5.07. The van der Waals surface area contributed by atoms with E-state index in [1.165, 1.54) is 6.26 Å². The number of anilines is 1. The Morgan fingerprint density at radius 1 is 1.44 bits per heavy atom. The number of nitrogens with one attached hydrogen (secondary N) is 1. The maximum Gasteiger partial charge on any atom is 0.148 e. The van der Waals surface area contributed by atoms with Crippen LogP contribution >= 0.6 is 11.3 Å². The first-order chi connectivity index (χ1) is 11.8. The fourth-order valence-corrected chi connectivity index (χ4v) is 4.87. The van der Waals surface area contributed by atoms with Crippen LogP contribution in [-0.2, 0) is 22.8 Å². The number of nitrogens with zero attached hydrogens (tertiary/aromatic N) is 2. The van der Waals surface area contributed by atoms with Gasteiger partial charge in [0.25, 0.3) is 0 Å². The first kappa shape index (κ1) is 17.8. The lowest BCUT2D eigenvalue weighted by molar-refractivity contribution is 0.518. The maximum absolute atomic E-state index is 11.4. The number of sulfone groups is 1. The van der Waals surface area contributed by atoms with Crippen LogP contribution in [0.3, 0.4) is 0 Å². The van der Waals surface area contributed by atoms with Gasteiger partial charge in [-0.25, -0.2) is 8.42 Å². The van der Waals surface area contributed by atoms with E-state index in [9.17, 15) is 8.42 Å². The number of nitrogens with two attached hydrogens (primary N) is 1. The van der Waals surface area contributed by atoms with Crippen molar-refractivity contribution in [3.8, 4) is 0 Å². The van der Waals surface area contributed by atoms with E-state index in [1.807, 2.05) is 19.1 Å². The summed E-state index contributed by atoms with van der Waals surface area (Å²) in [7, 11) is -3.10. The number of fused-ring (bicyclic) bond motifs is 1. The van der Waals surface area contributed by atoms with Crippen molar-refractivity contribution in [2.45, 2.75) is 25.9 Å². The first-order valence-corrected chi connectivity index (χ1v) is 10.6. The van der Waals surface area contributed by atoms with Crippen LogP contribution in [0.15, 0.2) is 29.0 Å². The predicted molar refractivity (Wildman–Crippen MR) is 99.6 cm³/mol. The van der Waals surface area contributed by atoms with E-state index in [1.54, 1.807) is 23.8 Å². The van der Waals surface area contributed by atoms with Gasteiger partial charge in [-0.2, -0.15) is 5.10 Å². The monoisotopic (exact) mass is 380 g/mol. The van der Waals surface area contributed by atoms with Crippen LogP contribution in [0.1, 0.15) is 16.2 Å². The summed E-state index contributed by atoms with van der Waals surface area (Å²) in [5.41, 5.74) is 8.69. The third-order valence-corrected chi connectivity index (χ3v) is 6.17. The summed E-state index contributed by atoms with van der Waals surface area (Å²) in [6.07, 6.45) is 5.01. The van der Waals surface area contributed by atoms with Crippen LogP contribution in [0.4, 0.5) is 5.69 Å². The molecular formula is C16H20N4O3S2. The van der Waals surface area contributed by atoms with Crippen LogP contribution in [0.2, 0.25) is 0 Å². The summed E-state index contributed by atoms with van der Waals surface area (Å²) in [4.78, 5) is 1.03. The van der Waals surface area contributed by atoms with Crippen LogP contribution in [0.25, 0.3) is 10.2 Å². The molecule has 0 saturated carbocycles. The molecule has 0 aromatic carbocycles. The molecular weight excluding hydrogens is 360 g/mol. The number of furan rings is 1. The van der Waals surface area contributed by atoms with E-state index in [-0.39, 0.29) is 5.75 Å². The maximum atomic E-state index is 11.4. The summed E-state index contributed by atoms with van der Waals surface area (Å²) in [5, 5.41) is 11.6. The van der Waals surface area contributed by atoms with E-state index in [4.69, 9.17) is 10.2 Å². The van der Waals surface area contributed by atoms with E-state index < -0.39 is 15.9 Å². The molecule has 1 atom stereocenters. The third-order valence-electron chi connectivity index (χ3n) is 3.80. The highest BCUT2D eigenvalue weighted by atomic mass is 32.2. The molecule has 3 aromatic heterocycles. The van der Waals surface area contributed by atoms with Gasteiger partial charge in [0.05, 0.1) is 35.1 Å². The SMILES string of the molecule is Cc1c(C[C@@H](N)CS(C)(=O)=O)sc2c(NCc3ccco3)cnnc12. The van der Waals surface area contributed by atoms with Crippen molar-refractivity contribution in [3.05, 3.63) is 40.8 Å². The Labute approximate surface area is 150 Å². The quantitative estimate of drug-likeness (QED) is 0.646. The van der Waals surface area contributed by atoms with Crippen molar-refractivity contribution >= 4 is 37.1 Å². The van der Waals surface area contributed by atoms with E-state index in [0.717, 1.165) is 32.1 Å². The summed E-state index contributed by atoms with van der Waals surface area (Å²) >= 11 is 1.57. The van der Waals surface area contributed by atoms with Gasteiger partial charge in [0.1, 0.15) is 21.1 Å². The van der Waals surface area contributed by atoms with Crippen LogP contribution in [0.5, 0.6) is 0 Å². The number of thiophene rings is 1. The Morgan fingerprint density at radius 3 is 2.92 bits per heavy atom. The molecule has 3 rings (SSSR count). The van der Waals surface area contributed by atoms with Crippen molar-refractivity contribution < 1.29 is 12.8 Å². The molecule has 25 heavy (non-hydrogen) atoms. The minimum Gasteiger partial charge on any atom is -0.467 e.